The molecule has 4 rings (SSSR count). The second-order valence-electron chi connectivity index (χ2n) is 8.96. The molecule has 150 valence electrons. The van der Waals surface area contributed by atoms with Crippen molar-refractivity contribution in [2.45, 2.75) is 52.0 Å². The van der Waals surface area contributed by atoms with Gasteiger partial charge in [-0.05, 0) is 61.8 Å². The van der Waals surface area contributed by atoms with Crippen molar-refractivity contribution < 1.29 is 4.39 Å². The summed E-state index contributed by atoms with van der Waals surface area (Å²) >= 11 is 0. The molecule has 29 heavy (non-hydrogen) atoms. The maximum absolute atomic E-state index is 14.1. The van der Waals surface area contributed by atoms with E-state index in [1.54, 1.807) is 6.07 Å². The van der Waals surface area contributed by atoms with Gasteiger partial charge >= 0.3 is 0 Å². The van der Waals surface area contributed by atoms with E-state index in [9.17, 15) is 4.39 Å². The minimum atomic E-state index is -0.267. The fraction of sp³-hybridized carbons (Fsp3) is 0.346. The lowest BCUT2D eigenvalue weighted by Gasteiger charge is -2.35. The number of benzene rings is 2. The zero-order valence-electron chi connectivity index (χ0n) is 17.5. The summed E-state index contributed by atoms with van der Waals surface area (Å²) in [5.41, 5.74) is 5.37. The number of hydrogen-bond acceptors (Lipinski definition) is 2. The van der Waals surface area contributed by atoms with E-state index in [4.69, 9.17) is 0 Å². The first kappa shape index (κ1) is 19.6. The average molecular weight is 389 g/mol. The molecule has 1 fully saturated rings. The van der Waals surface area contributed by atoms with E-state index < -0.39 is 0 Å². The quantitative estimate of drug-likeness (QED) is 0.499. The Morgan fingerprint density at radius 2 is 1.86 bits per heavy atom. The Kier molecular flexibility index (Phi) is 5.40. The van der Waals surface area contributed by atoms with Crippen molar-refractivity contribution in [3.8, 4) is 0 Å². The van der Waals surface area contributed by atoms with Gasteiger partial charge in [0.05, 0.1) is 0 Å². The number of para-hydroxylation sites is 1. The van der Waals surface area contributed by atoms with Crippen LogP contribution in [0.2, 0.25) is 0 Å². The minimum absolute atomic E-state index is 0.0721. The predicted octanol–water partition coefficient (Wildman–Crippen LogP) is 6.52. The van der Waals surface area contributed by atoms with Crippen LogP contribution in [-0.4, -0.2) is 10.5 Å². The van der Waals surface area contributed by atoms with E-state index in [0.717, 1.165) is 36.6 Å². The molecule has 2 nitrogen and oxygen atoms in total. The van der Waals surface area contributed by atoms with Gasteiger partial charge in [-0.3, -0.25) is 4.98 Å². The van der Waals surface area contributed by atoms with Gasteiger partial charge in [-0.2, -0.15) is 0 Å². The lowest BCUT2D eigenvalue weighted by Crippen LogP contribution is -2.44. The Labute approximate surface area is 172 Å². The van der Waals surface area contributed by atoms with Crippen LogP contribution >= 0.6 is 0 Å². The van der Waals surface area contributed by atoms with Crippen molar-refractivity contribution in [2.24, 2.45) is 5.92 Å². The van der Waals surface area contributed by atoms with Crippen LogP contribution < -0.4 is 5.32 Å². The normalized spacial score (nSPS) is 15.4. The van der Waals surface area contributed by atoms with E-state index in [-0.39, 0.29) is 11.4 Å². The first-order valence-corrected chi connectivity index (χ1v) is 10.5. The third-order valence-corrected chi connectivity index (χ3v) is 5.53. The molecular weight excluding hydrogens is 359 g/mol. The summed E-state index contributed by atoms with van der Waals surface area (Å²) in [6, 6.07) is 17.9. The Morgan fingerprint density at radius 3 is 2.55 bits per heavy atom. The number of allylic oxidation sites excluding steroid dienone is 1. The van der Waals surface area contributed by atoms with Crippen molar-refractivity contribution in [3.05, 3.63) is 83.3 Å². The highest BCUT2D eigenvalue weighted by molar-refractivity contribution is 5.83. The van der Waals surface area contributed by atoms with Gasteiger partial charge in [0.2, 0.25) is 0 Å². The molecule has 1 atom stereocenters. The highest BCUT2D eigenvalue weighted by Crippen LogP contribution is 2.38. The number of pyridine rings is 1. The summed E-state index contributed by atoms with van der Waals surface area (Å²) in [6.45, 7) is 6.86. The summed E-state index contributed by atoms with van der Waals surface area (Å²) < 4.78 is 14.1. The summed E-state index contributed by atoms with van der Waals surface area (Å²) in [4.78, 5) is 4.44. The summed E-state index contributed by atoms with van der Waals surface area (Å²) in [5, 5.41) is 4.76. The monoisotopic (exact) mass is 388 g/mol. The van der Waals surface area contributed by atoms with Crippen LogP contribution in [0.15, 0.2) is 66.4 Å². The number of fused-ring (bicyclic) bond motifs is 1. The van der Waals surface area contributed by atoms with Crippen LogP contribution in [0.1, 0.15) is 51.2 Å². The molecule has 1 aromatic heterocycles. The van der Waals surface area contributed by atoms with Gasteiger partial charge in [-0.1, -0.05) is 56.3 Å². The third kappa shape index (κ3) is 4.67. The third-order valence-electron chi connectivity index (χ3n) is 5.53. The van der Waals surface area contributed by atoms with Crippen LogP contribution in [-0.2, 0) is 6.42 Å². The van der Waals surface area contributed by atoms with E-state index in [1.807, 2.05) is 12.3 Å². The summed E-state index contributed by atoms with van der Waals surface area (Å²) in [7, 11) is 0. The minimum Gasteiger partial charge on any atom is -0.379 e. The zero-order valence-corrected chi connectivity index (χ0v) is 17.5. The molecule has 0 amide bonds. The van der Waals surface area contributed by atoms with Gasteiger partial charge in [0.15, 0.2) is 0 Å². The average Bonchev–Trinajstić information content (AvgIpc) is 3.51. The van der Waals surface area contributed by atoms with Crippen LogP contribution in [0.5, 0.6) is 0 Å². The maximum Gasteiger partial charge on any atom is 0.149 e. The van der Waals surface area contributed by atoms with Crippen molar-refractivity contribution in [1.82, 2.24) is 10.3 Å². The molecule has 1 aliphatic carbocycles. The second kappa shape index (κ2) is 7.98. The predicted molar refractivity (Wildman–Crippen MR) is 119 cm³/mol. The van der Waals surface area contributed by atoms with E-state index in [0.29, 0.717) is 11.4 Å². The molecule has 3 heteroatoms. The molecule has 2 aromatic carbocycles. The first-order chi connectivity index (χ1) is 13.9. The SMILES string of the molecule is CC(C)CC(C)(Cc1ccccc1)NC(=C1CC1)c1cnc2c(F)cccc2c1. The number of nitrogens with one attached hydrogen (secondary N) is 1. The van der Waals surface area contributed by atoms with Gasteiger partial charge in [0.25, 0.3) is 0 Å². The standard InChI is InChI=1S/C26H29FN2/c1-18(2)15-26(3,16-19-8-5-4-6-9-19)29-24(20-12-13-20)22-14-21-10-7-11-23(27)25(21)28-17-22/h4-11,14,17-18,29H,12-13,15-16H2,1-3H3. The number of nitrogens with zero attached hydrogens (tertiary/aromatic N) is 1. The Bertz CT molecular complexity index is 1030. The van der Waals surface area contributed by atoms with Gasteiger partial charge in [-0.25, -0.2) is 4.39 Å². The Morgan fingerprint density at radius 1 is 1.10 bits per heavy atom. The fourth-order valence-electron chi connectivity index (χ4n) is 4.35. The molecule has 0 aliphatic heterocycles. The molecule has 1 unspecified atom stereocenters. The molecule has 0 saturated heterocycles. The molecule has 0 radical (unpaired) electrons. The largest absolute Gasteiger partial charge is 0.379 e. The molecule has 1 aliphatic rings. The van der Waals surface area contributed by atoms with Crippen LogP contribution in [0.25, 0.3) is 16.6 Å². The van der Waals surface area contributed by atoms with Crippen molar-refractivity contribution >= 4 is 16.6 Å². The van der Waals surface area contributed by atoms with Gasteiger partial charge in [-0.15, -0.1) is 0 Å². The fourth-order valence-corrected chi connectivity index (χ4v) is 4.35. The topological polar surface area (TPSA) is 24.9 Å². The Hall–Kier alpha value is -2.68. The number of hydrogen-bond donors (Lipinski definition) is 1. The van der Waals surface area contributed by atoms with Crippen molar-refractivity contribution in [1.29, 1.82) is 0 Å². The number of rotatable bonds is 7. The van der Waals surface area contributed by atoms with Gasteiger partial charge < -0.3 is 5.32 Å². The molecule has 3 aromatic rings. The lowest BCUT2D eigenvalue weighted by atomic mass is 9.84. The highest BCUT2D eigenvalue weighted by atomic mass is 19.1. The molecule has 0 spiro atoms. The summed E-state index contributed by atoms with van der Waals surface area (Å²) in [6.07, 6.45) is 6.07. The zero-order chi connectivity index (χ0) is 20.4. The first-order valence-electron chi connectivity index (χ1n) is 10.5. The van der Waals surface area contributed by atoms with Crippen molar-refractivity contribution in [3.63, 3.8) is 0 Å². The molecule has 0 bridgehead atoms. The second-order valence-corrected chi connectivity index (χ2v) is 8.96. The van der Waals surface area contributed by atoms with Crippen LogP contribution in [0.4, 0.5) is 4.39 Å². The Balaban J connectivity index is 1.68. The number of aromatic nitrogens is 1. The smallest absolute Gasteiger partial charge is 0.149 e. The molecular formula is C26H29FN2. The molecule has 1 N–H and O–H groups in total. The van der Waals surface area contributed by atoms with Crippen LogP contribution in [0.3, 0.4) is 0 Å². The maximum atomic E-state index is 14.1. The van der Waals surface area contributed by atoms with Gasteiger partial charge in [0, 0.05) is 28.4 Å². The summed E-state index contributed by atoms with van der Waals surface area (Å²) in [5.74, 6) is 0.307. The van der Waals surface area contributed by atoms with Gasteiger partial charge in [0.1, 0.15) is 11.3 Å². The van der Waals surface area contributed by atoms with Crippen LogP contribution in [0, 0.1) is 11.7 Å². The van der Waals surface area contributed by atoms with E-state index in [2.05, 4.69) is 67.5 Å². The van der Waals surface area contributed by atoms with Crippen molar-refractivity contribution in [2.75, 3.05) is 0 Å². The van der Waals surface area contributed by atoms with E-state index in [1.165, 1.54) is 22.9 Å². The lowest BCUT2D eigenvalue weighted by molar-refractivity contribution is 0.326. The number of halogens is 1. The molecule has 1 heterocycles. The molecule has 1 saturated carbocycles. The van der Waals surface area contributed by atoms with E-state index >= 15 is 0 Å². The highest BCUT2D eigenvalue weighted by Gasteiger charge is 2.30.